The van der Waals surface area contributed by atoms with Gasteiger partial charge in [-0.25, -0.2) is 4.98 Å². The van der Waals surface area contributed by atoms with Crippen molar-refractivity contribution in [1.29, 1.82) is 0 Å². The number of thioether (sulfide) groups is 1. The first-order chi connectivity index (χ1) is 12.2. The summed E-state index contributed by atoms with van der Waals surface area (Å²) in [5.74, 6) is 2.48. The Morgan fingerprint density at radius 3 is 2.96 bits per heavy atom. The third kappa shape index (κ3) is 4.84. The number of aromatic nitrogens is 4. The van der Waals surface area contributed by atoms with Crippen LogP contribution in [-0.2, 0) is 4.79 Å². The standard InChI is InChI=1S/C17H25N5O2S/c1-3-4-9-13(16(23)18-14-10-11(2)24-22-14)25-17-19-15(20-21-17)12-7-5-6-8-12/h10,12-13H,3-9H2,1-2H3,(H,18,22,23)(H,19,20,21)/t13-/m1/s1. The molecule has 1 amide bonds. The smallest absolute Gasteiger partial charge is 0.239 e. The third-order valence-corrected chi connectivity index (χ3v) is 5.59. The van der Waals surface area contributed by atoms with Crippen LogP contribution in [0.5, 0.6) is 0 Å². The highest BCUT2D eigenvalue weighted by molar-refractivity contribution is 8.00. The predicted octanol–water partition coefficient (Wildman–Crippen LogP) is 4.05. The quantitative estimate of drug-likeness (QED) is 0.687. The van der Waals surface area contributed by atoms with Gasteiger partial charge in [0.1, 0.15) is 11.6 Å². The summed E-state index contributed by atoms with van der Waals surface area (Å²) < 4.78 is 5.00. The van der Waals surface area contributed by atoms with Crippen molar-refractivity contribution in [2.75, 3.05) is 5.32 Å². The molecule has 25 heavy (non-hydrogen) atoms. The first-order valence-corrected chi connectivity index (χ1v) is 9.86. The van der Waals surface area contributed by atoms with E-state index in [-0.39, 0.29) is 11.2 Å². The molecule has 1 aliphatic carbocycles. The maximum atomic E-state index is 12.6. The zero-order chi connectivity index (χ0) is 17.6. The molecule has 2 aromatic rings. The van der Waals surface area contributed by atoms with E-state index in [1.54, 1.807) is 13.0 Å². The van der Waals surface area contributed by atoms with Gasteiger partial charge in [-0.2, -0.15) is 0 Å². The Labute approximate surface area is 151 Å². The third-order valence-electron chi connectivity index (χ3n) is 4.46. The molecule has 2 aromatic heterocycles. The van der Waals surface area contributed by atoms with Gasteiger partial charge in [0.2, 0.25) is 11.1 Å². The number of carbonyl (C=O) groups excluding carboxylic acids is 1. The number of anilines is 1. The number of nitrogens with one attached hydrogen (secondary N) is 2. The van der Waals surface area contributed by atoms with E-state index < -0.39 is 0 Å². The van der Waals surface area contributed by atoms with Gasteiger partial charge in [0.15, 0.2) is 5.82 Å². The Kier molecular flexibility index (Phi) is 6.12. The molecule has 3 rings (SSSR count). The molecule has 2 N–H and O–H groups in total. The number of nitrogens with zero attached hydrogens (tertiary/aromatic N) is 3. The van der Waals surface area contributed by atoms with Crippen molar-refractivity contribution in [3.8, 4) is 0 Å². The molecule has 0 saturated heterocycles. The van der Waals surface area contributed by atoms with E-state index in [0.29, 0.717) is 22.7 Å². The van der Waals surface area contributed by atoms with E-state index in [4.69, 9.17) is 4.52 Å². The average molecular weight is 363 g/mol. The zero-order valence-corrected chi connectivity index (χ0v) is 15.6. The number of unbranched alkanes of at least 4 members (excludes halogenated alkanes) is 1. The summed E-state index contributed by atoms with van der Waals surface area (Å²) in [6.45, 7) is 3.91. The number of hydrogen-bond donors (Lipinski definition) is 2. The van der Waals surface area contributed by atoms with Gasteiger partial charge in [-0.15, -0.1) is 5.10 Å². The van der Waals surface area contributed by atoms with Gasteiger partial charge in [-0.3, -0.25) is 9.89 Å². The first kappa shape index (κ1) is 18.0. The topological polar surface area (TPSA) is 96.7 Å². The van der Waals surface area contributed by atoms with Gasteiger partial charge in [-0.1, -0.05) is 49.5 Å². The number of rotatable bonds is 8. The minimum absolute atomic E-state index is 0.0843. The maximum Gasteiger partial charge on any atom is 0.239 e. The lowest BCUT2D eigenvalue weighted by Gasteiger charge is -2.13. The van der Waals surface area contributed by atoms with E-state index in [0.717, 1.165) is 25.1 Å². The summed E-state index contributed by atoms with van der Waals surface area (Å²) in [4.78, 5) is 17.2. The van der Waals surface area contributed by atoms with Crippen LogP contribution in [0.1, 0.15) is 69.4 Å². The van der Waals surface area contributed by atoms with E-state index in [1.165, 1.54) is 37.4 Å². The van der Waals surface area contributed by atoms with Crippen molar-refractivity contribution in [1.82, 2.24) is 20.3 Å². The Bertz CT molecular complexity index is 693. The summed E-state index contributed by atoms with van der Waals surface area (Å²) in [6.07, 6.45) is 7.64. The number of H-pyrrole nitrogens is 1. The number of aryl methyl sites for hydroxylation is 1. The molecule has 0 unspecified atom stereocenters. The number of amides is 1. The maximum absolute atomic E-state index is 12.6. The highest BCUT2D eigenvalue weighted by atomic mass is 32.2. The lowest BCUT2D eigenvalue weighted by molar-refractivity contribution is -0.115. The summed E-state index contributed by atoms with van der Waals surface area (Å²) in [5, 5.41) is 14.4. The van der Waals surface area contributed by atoms with Gasteiger partial charge in [0.05, 0.1) is 5.25 Å². The van der Waals surface area contributed by atoms with Crippen molar-refractivity contribution in [3.63, 3.8) is 0 Å². The molecule has 2 heterocycles. The molecule has 1 aliphatic rings. The van der Waals surface area contributed by atoms with Crippen molar-refractivity contribution in [2.24, 2.45) is 0 Å². The summed E-state index contributed by atoms with van der Waals surface area (Å²) in [5.41, 5.74) is 0. The van der Waals surface area contributed by atoms with E-state index >= 15 is 0 Å². The van der Waals surface area contributed by atoms with Crippen LogP contribution in [-0.4, -0.2) is 31.5 Å². The Hall–Kier alpha value is -1.83. The second-order valence-electron chi connectivity index (χ2n) is 6.55. The summed E-state index contributed by atoms with van der Waals surface area (Å²) in [6, 6.07) is 1.71. The van der Waals surface area contributed by atoms with Crippen molar-refractivity contribution < 1.29 is 9.32 Å². The highest BCUT2D eigenvalue weighted by Gasteiger charge is 2.25. The SMILES string of the molecule is CCCC[C@@H](Sc1n[nH]c(C2CCCC2)n1)C(=O)Nc1cc(C)on1. The van der Waals surface area contributed by atoms with Crippen LogP contribution >= 0.6 is 11.8 Å². The largest absolute Gasteiger partial charge is 0.360 e. The zero-order valence-electron chi connectivity index (χ0n) is 14.7. The number of aromatic amines is 1. The van der Waals surface area contributed by atoms with E-state index in [9.17, 15) is 4.79 Å². The molecule has 0 bridgehead atoms. The van der Waals surface area contributed by atoms with Crippen LogP contribution < -0.4 is 5.32 Å². The van der Waals surface area contributed by atoms with Gasteiger partial charge in [0, 0.05) is 12.0 Å². The summed E-state index contributed by atoms with van der Waals surface area (Å²) in [7, 11) is 0. The van der Waals surface area contributed by atoms with Gasteiger partial charge < -0.3 is 9.84 Å². The molecule has 136 valence electrons. The average Bonchev–Trinajstić information content (AvgIpc) is 3.33. The van der Waals surface area contributed by atoms with Gasteiger partial charge in [-0.05, 0) is 26.2 Å². The molecule has 1 saturated carbocycles. The lowest BCUT2D eigenvalue weighted by Crippen LogP contribution is -2.25. The fraction of sp³-hybridized carbons (Fsp3) is 0.647. The number of hydrogen-bond acceptors (Lipinski definition) is 6. The number of carbonyl (C=O) groups is 1. The minimum atomic E-state index is -0.246. The van der Waals surface area contributed by atoms with Crippen LogP contribution in [0.25, 0.3) is 0 Å². The fourth-order valence-electron chi connectivity index (χ4n) is 3.08. The minimum Gasteiger partial charge on any atom is -0.360 e. The molecule has 0 spiro atoms. The molecule has 0 radical (unpaired) electrons. The van der Waals surface area contributed by atoms with E-state index in [2.05, 4.69) is 32.6 Å². The van der Waals surface area contributed by atoms with E-state index in [1.807, 2.05) is 0 Å². The fourth-order valence-corrected chi connectivity index (χ4v) is 4.04. The Morgan fingerprint density at radius 2 is 2.28 bits per heavy atom. The molecule has 1 atom stereocenters. The lowest BCUT2D eigenvalue weighted by atomic mass is 10.1. The summed E-state index contributed by atoms with van der Waals surface area (Å²) >= 11 is 1.42. The van der Waals surface area contributed by atoms with Gasteiger partial charge >= 0.3 is 0 Å². The first-order valence-electron chi connectivity index (χ1n) is 8.99. The normalized spacial score (nSPS) is 16.2. The van der Waals surface area contributed by atoms with Crippen LogP contribution in [0.2, 0.25) is 0 Å². The second-order valence-corrected chi connectivity index (χ2v) is 7.72. The van der Waals surface area contributed by atoms with Crippen LogP contribution in [0.3, 0.4) is 0 Å². The molecule has 0 aliphatic heterocycles. The monoisotopic (exact) mass is 363 g/mol. The molecule has 7 nitrogen and oxygen atoms in total. The predicted molar refractivity (Wildman–Crippen MR) is 96.6 cm³/mol. The molecule has 0 aromatic carbocycles. The molecular formula is C17H25N5O2S. The molecule has 8 heteroatoms. The van der Waals surface area contributed by atoms with Gasteiger partial charge in [0.25, 0.3) is 0 Å². The Balaban J connectivity index is 1.64. The van der Waals surface area contributed by atoms with Crippen LogP contribution in [0, 0.1) is 6.92 Å². The van der Waals surface area contributed by atoms with Crippen molar-refractivity contribution in [3.05, 3.63) is 17.7 Å². The van der Waals surface area contributed by atoms with Crippen molar-refractivity contribution in [2.45, 2.75) is 75.1 Å². The Morgan fingerprint density at radius 1 is 1.48 bits per heavy atom. The second kappa shape index (κ2) is 8.51. The van der Waals surface area contributed by atoms with Crippen molar-refractivity contribution >= 4 is 23.5 Å². The molecular weight excluding hydrogens is 338 g/mol. The highest BCUT2D eigenvalue weighted by Crippen LogP contribution is 2.33. The van der Waals surface area contributed by atoms with Crippen LogP contribution in [0.15, 0.2) is 15.7 Å². The molecule has 1 fully saturated rings. The van der Waals surface area contributed by atoms with Crippen LogP contribution in [0.4, 0.5) is 5.82 Å².